The van der Waals surface area contributed by atoms with Crippen molar-refractivity contribution in [1.29, 1.82) is 0 Å². The molecule has 0 aliphatic rings. The zero-order valence-electron chi connectivity index (χ0n) is 11.6. The first-order chi connectivity index (χ1) is 8.77. The van der Waals surface area contributed by atoms with Crippen molar-refractivity contribution in [2.45, 2.75) is 77.6 Å². The standard InChI is InChI=1S/C14H28O3S/c1-2-3-4-5-6-7-8-9-10-11-12-13-14-17-18(15)16/h13-14H,2-12H2,1H3,(H,15,16). The number of hydrogen-bond donors (Lipinski definition) is 1. The minimum absolute atomic E-state index is 0.924. The van der Waals surface area contributed by atoms with Crippen LogP contribution in [0.15, 0.2) is 12.3 Å². The van der Waals surface area contributed by atoms with E-state index in [1.807, 2.05) is 0 Å². The van der Waals surface area contributed by atoms with Crippen molar-refractivity contribution in [1.82, 2.24) is 0 Å². The summed E-state index contributed by atoms with van der Waals surface area (Å²) >= 11 is -2.17. The molecule has 0 fully saturated rings. The van der Waals surface area contributed by atoms with Crippen LogP contribution in [0.1, 0.15) is 77.6 Å². The first kappa shape index (κ1) is 17.6. The highest BCUT2D eigenvalue weighted by atomic mass is 32.2. The quantitative estimate of drug-likeness (QED) is 0.294. The second kappa shape index (κ2) is 14.7. The van der Waals surface area contributed by atoms with E-state index < -0.39 is 11.4 Å². The predicted molar refractivity (Wildman–Crippen MR) is 77.5 cm³/mol. The van der Waals surface area contributed by atoms with Crippen LogP contribution >= 0.6 is 0 Å². The lowest BCUT2D eigenvalue weighted by Crippen LogP contribution is -1.85. The van der Waals surface area contributed by atoms with Gasteiger partial charge in [0.2, 0.25) is 0 Å². The van der Waals surface area contributed by atoms with Gasteiger partial charge in [-0.15, -0.1) is 0 Å². The van der Waals surface area contributed by atoms with Crippen LogP contribution < -0.4 is 0 Å². The fourth-order valence-electron chi connectivity index (χ4n) is 1.90. The lowest BCUT2D eigenvalue weighted by atomic mass is 10.1. The van der Waals surface area contributed by atoms with Crippen molar-refractivity contribution in [3.05, 3.63) is 12.3 Å². The normalized spacial score (nSPS) is 13.0. The molecule has 108 valence electrons. The summed E-state index contributed by atoms with van der Waals surface area (Å²) in [4.78, 5) is 0. The summed E-state index contributed by atoms with van der Waals surface area (Å²) in [5.74, 6) is 0. The van der Waals surface area contributed by atoms with E-state index in [0.29, 0.717) is 0 Å². The third-order valence-corrected chi connectivity index (χ3v) is 3.23. The Morgan fingerprint density at radius 1 is 0.944 bits per heavy atom. The van der Waals surface area contributed by atoms with Gasteiger partial charge in [0, 0.05) is 0 Å². The smallest absolute Gasteiger partial charge is 0.356 e. The molecular weight excluding hydrogens is 248 g/mol. The van der Waals surface area contributed by atoms with Gasteiger partial charge in [0.1, 0.15) is 6.26 Å². The Bertz CT molecular complexity index is 217. The van der Waals surface area contributed by atoms with Gasteiger partial charge in [0.15, 0.2) is 0 Å². The molecule has 0 aliphatic heterocycles. The van der Waals surface area contributed by atoms with Crippen LogP contribution in [-0.4, -0.2) is 8.76 Å². The number of rotatable bonds is 13. The highest BCUT2D eigenvalue weighted by Gasteiger charge is 1.92. The maximum atomic E-state index is 10.1. The van der Waals surface area contributed by atoms with E-state index in [0.717, 1.165) is 12.8 Å². The molecule has 0 amide bonds. The Hall–Kier alpha value is -0.350. The predicted octanol–water partition coefficient (Wildman–Crippen LogP) is 4.96. The molecule has 1 N–H and O–H groups in total. The van der Waals surface area contributed by atoms with E-state index in [1.165, 1.54) is 64.0 Å². The summed E-state index contributed by atoms with van der Waals surface area (Å²) in [5, 5.41) is 0. The monoisotopic (exact) mass is 276 g/mol. The molecule has 0 aliphatic carbocycles. The molecule has 1 unspecified atom stereocenters. The molecule has 4 heteroatoms. The van der Waals surface area contributed by atoms with Crippen molar-refractivity contribution in [2.75, 3.05) is 0 Å². The fraction of sp³-hybridized carbons (Fsp3) is 0.857. The van der Waals surface area contributed by atoms with E-state index in [2.05, 4.69) is 11.1 Å². The van der Waals surface area contributed by atoms with Gasteiger partial charge in [0.05, 0.1) is 0 Å². The molecule has 0 heterocycles. The van der Waals surface area contributed by atoms with Crippen molar-refractivity contribution in [3.8, 4) is 0 Å². The summed E-state index contributed by atoms with van der Waals surface area (Å²) in [6, 6.07) is 0. The van der Waals surface area contributed by atoms with Crippen LogP contribution in [0, 0.1) is 0 Å². The highest BCUT2D eigenvalue weighted by Crippen LogP contribution is 2.11. The molecular formula is C14H28O3S. The molecule has 0 bridgehead atoms. The van der Waals surface area contributed by atoms with E-state index in [1.54, 1.807) is 6.08 Å². The van der Waals surface area contributed by atoms with Crippen LogP contribution in [-0.2, 0) is 15.5 Å². The van der Waals surface area contributed by atoms with Gasteiger partial charge in [-0.25, -0.2) is 0 Å². The zero-order chi connectivity index (χ0) is 13.5. The van der Waals surface area contributed by atoms with Crippen LogP contribution in [0.2, 0.25) is 0 Å². The average Bonchev–Trinajstić information content (AvgIpc) is 2.34. The van der Waals surface area contributed by atoms with Crippen LogP contribution in [0.25, 0.3) is 0 Å². The SMILES string of the molecule is CCCCCCCCCCCCC=COS(=O)O. The second-order valence-electron chi connectivity index (χ2n) is 4.66. The lowest BCUT2D eigenvalue weighted by molar-refractivity contribution is 0.418. The van der Waals surface area contributed by atoms with Crippen molar-refractivity contribution >= 4 is 11.4 Å². The van der Waals surface area contributed by atoms with E-state index in [-0.39, 0.29) is 0 Å². The third kappa shape index (κ3) is 15.6. The summed E-state index contributed by atoms with van der Waals surface area (Å²) < 4.78 is 22.8. The Labute approximate surface area is 114 Å². The maximum Gasteiger partial charge on any atom is 0.356 e. The van der Waals surface area contributed by atoms with Gasteiger partial charge in [-0.1, -0.05) is 64.7 Å². The molecule has 0 aromatic heterocycles. The number of unbranched alkanes of at least 4 members (excludes halogenated alkanes) is 10. The van der Waals surface area contributed by atoms with Crippen LogP contribution in [0.3, 0.4) is 0 Å². The Kier molecular flexibility index (Phi) is 14.4. The molecule has 18 heavy (non-hydrogen) atoms. The highest BCUT2D eigenvalue weighted by molar-refractivity contribution is 7.74. The van der Waals surface area contributed by atoms with Gasteiger partial charge in [0.25, 0.3) is 0 Å². The second-order valence-corrected chi connectivity index (χ2v) is 5.28. The maximum absolute atomic E-state index is 10.1. The average molecular weight is 276 g/mol. The fourth-order valence-corrected chi connectivity index (χ4v) is 2.08. The molecule has 0 aromatic carbocycles. The molecule has 0 spiro atoms. The van der Waals surface area contributed by atoms with Crippen LogP contribution in [0.5, 0.6) is 0 Å². The third-order valence-electron chi connectivity index (χ3n) is 2.96. The molecule has 0 aromatic rings. The van der Waals surface area contributed by atoms with Gasteiger partial charge in [-0.2, -0.15) is 4.21 Å². The molecule has 0 radical (unpaired) electrons. The van der Waals surface area contributed by atoms with Gasteiger partial charge in [-0.05, 0) is 18.9 Å². The topological polar surface area (TPSA) is 46.5 Å². The molecule has 0 saturated carbocycles. The summed E-state index contributed by atoms with van der Waals surface area (Å²) in [6.07, 6.45) is 17.3. The zero-order valence-corrected chi connectivity index (χ0v) is 12.4. The van der Waals surface area contributed by atoms with E-state index in [9.17, 15) is 4.21 Å². The van der Waals surface area contributed by atoms with Crippen molar-refractivity contribution < 1.29 is 12.9 Å². The first-order valence-electron chi connectivity index (χ1n) is 7.20. The summed E-state index contributed by atoms with van der Waals surface area (Å²) in [6.45, 7) is 2.25. The molecule has 0 rings (SSSR count). The number of allylic oxidation sites excluding steroid dienone is 1. The lowest BCUT2D eigenvalue weighted by Gasteiger charge is -2.01. The van der Waals surface area contributed by atoms with Crippen molar-refractivity contribution in [3.63, 3.8) is 0 Å². The molecule has 0 saturated heterocycles. The molecule has 1 atom stereocenters. The minimum atomic E-state index is -2.17. The summed E-state index contributed by atoms with van der Waals surface area (Å²) in [7, 11) is 0. The van der Waals surface area contributed by atoms with E-state index >= 15 is 0 Å². The molecule has 3 nitrogen and oxygen atoms in total. The van der Waals surface area contributed by atoms with Gasteiger partial charge >= 0.3 is 11.4 Å². The van der Waals surface area contributed by atoms with Crippen LogP contribution in [0.4, 0.5) is 0 Å². The first-order valence-corrected chi connectivity index (χ1v) is 8.23. The minimum Gasteiger partial charge on any atom is -0.388 e. The Balaban J connectivity index is 3.03. The Morgan fingerprint density at radius 2 is 1.44 bits per heavy atom. The van der Waals surface area contributed by atoms with E-state index in [4.69, 9.17) is 4.55 Å². The number of hydrogen-bond acceptors (Lipinski definition) is 2. The summed E-state index contributed by atoms with van der Waals surface area (Å²) in [5.41, 5.74) is 0. The largest absolute Gasteiger partial charge is 0.388 e. The van der Waals surface area contributed by atoms with Gasteiger partial charge < -0.3 is 4.18 Å². The Morgan fingerprint density at radius 3 is 1.94 bits per heavy atom. The van der Waals surface area contributed by atoms with Crippen molar-refractivity contribution in [2.24, 2.45) is 0 Å². The van der Waals surface area contributed by atoms with Gasteiger partial charge in [-0.3, -0.25) is 4.55 Å².